The standard InChI is InChI=1S/C21H26O9/c1-8-21(9-28-18(25)12(2)15(5)22,10-29-19(26)13(3)16(6)23)11-30-20(27)14(4)17(7)24/h2-4,8-11H2,1,5-7H3. The van der Waals surface area contributed by atoms with Crippen molar-refractivity contribution < 1.29 is 43.0 Å². The van der Waals surface area contributed by atoms with E-state index in [1.807, 2.05) is 0 Å². The molecule has 0 fully saturated rings. The second-order valence-electron chi connectivity index (χ2n) is 6.69. The van der Waals surface area contributed by atoms with E-state index in [1.54, 1.807) is 6.92 Å². The Labute approximate surface area is 174 Å². The number of ketones is 3. The van der Waals surface area contributed by atoms with Crippen LogP contribution in [0.4, 0.5) is 0 Å². The van der Waals surface area contributed by atoms with E-state index in [-0.39, 0.29) is 23.1 Å². The summed E-state index contributed by atoms with van der Waals surface area (Å²) in [4.78, 5) is 69.6. The molecule has 9 heteroatoms. The highest BCUT2D eigenvalue weighted by atomic mass is 16.6. The average molecular weight is 422 g/mol. The van der Waals surface area contributed by atoms with E-state index in [4.69, 9.17) is 14.2 Å². The predicted molar refractivity (Wildman–Crippen MR) is 105 cm³/mol. The Bertz CT molecular complexity index is 699. The lowest BCUT2D eigenvalue weighted by Crippen LogP contribution is -2.40. The van der Waals surface area contributed by atoms with Crippen molar-refractivity contribution in [3.8, 4) is 0 Å². The van der Waals surface area contributed by atoms with Crippen LogP contribution < -0.4 is 0 Å². The van der Waals surface area contributed by atoms with Crippen LogP contribution in [0.5, 0.6) is 0 Å². The molecule has 0 aromatic carbocycles. The van der Waals surface area contributed by atoms with Gasteiger partial charge in [0.2, 0.25) is 0 Å². The van der Waals surface area contributed by atoms with E-state index in [2.05, 4.69) is 19.7 Å². The third-order valence-electron chi connectivity index (χ3n) is 4.29. The number of hydrogen-bond acceptors (Lipinski definition) is 9. The molecule has 164 valence electrons. The van der Waals surface area contributed by atoms with E-state index < -0.39 is 60.5 Å². The lowest BCUT2D eigenvalue weighted by molar-refractivity contribution is -0.157. The lowest BCUT2D eigenvalue weighted by Gasteiger charge is -2.31. The Morgan fingerprint density at radius 3 is 1.00 bits per heavy atom. The Balaban J connectivity index is 5.48. The molecule has 0 aliphatic carbocycles. The monoisotopic (exact) mass is 422 g/mol. The lowest BCUT2D eigenvalue weighted by atomic mass is 9.88. The third kappa shape index (κ3) is 7.94. The quantitative estimate of drug-likeness (QED) is 0.142. The van der Waals surface area contributed by atoms with Crippen LogP contribution in [0.2, 0.25) is 0 Å². The van der Waals surface area contributed by atoms with Crippen LogP contribution in [-0.4, -0.2) is 55.1 Å². The normalized spacial score (nSPS) is 10.4. The van der Waals surface area contributed by atoms with Crippen LogP contribution in [0.25, 0.3) is 0 Å². The van der Waals surface area contributed by atoms with Crippen molar-refractivity contribution in [1.29, 1.82) is 0 Å². The molecule has 0 aliphatic rings. The van der Waals surface area contributed by atoms with Crippen LogP contribution in [-0.2, 0) is 43.0 Å². The van der Waals surface area contributed by atoms with Crippen molar-refractivity contribution in [3.63, 3.8) is 0 Å². The van der Waals surface area contributed by atoms with E-state index >= 15 is 0 Å². The maximum absolute atomic E-state index is 11.9. The molecule has 0 bridgehead atoms. The molecule has 0 amide bonds. The average Bonchev–Trinajstić information content (AvgIpc) is 2.70. The zero-order chi connectivity index (χ0) is 23.6. The summed E-state index contributed by atoms with van der Waals surface area (Å²) in [7, 11) is 0. The largest absolute Gasteiger partial charge is 0.461 e. The summed E-state index contributed by atoms with van der Waals surface area (Å²) >= 11 is 0. The van der Waals surface area contributed by atoms with Gasteiger partial charge < -0.3 is 14.2 Å². The van der Waals surface area contributed by atoms with E-state index in [9.17, 15) is 28.8 Å². The van der Waals surface area contributed by atoms with Gasteiger partial charge >= 0.3 is 17.9 Å². The predicted octanol–water partition coefficient (Wildman–Crippen LogP) is 1.45. The molecule has 0 aliphatic heterocycles. The summed E-state index contributed by atoms with van der Waals surface area (Å²) in [5, 5.41) is 0. The number of rotatable bonds is 13. The molecule has 0 rings (SSSR count). The Morgan fingerprint density at radius 1 is 0.600 bits per heavy atom. The molecule has 0 aromatic rings. The van der Waals surface area contributed by atoms with Crippen LogP contribution in [0, 0.1) is 5.41 Å². The van der Waals surface area contributed by atoms with Gasteiger partial charge in [0.15, 0.2) is 17.3 Å². The number of esters is 3. The van der Waals surface area contributed by atoms with Crippen molar-refractivity contribution in [2.75, 3.05) is 19.8 Å². The van der Waals surface area contributed by atoms with Crippen molar-refractivity contribution in [1.82, 2.24) is 0 Å². The number of hydrogen-bond donors (Lipinski definition) is 0. The van der Waals surface area contributed by atoms with Gasteiger partial charge in [-0.1, -0.05) is 26.7 Å². The molecule has 0 radical (unpaired) electrons. The second-order valence-corrected chi connectivity index (χ2v) is 6.69. The van der Waals surface area contributed by atoms with Gasteiger partial charge in [0.05, 0.1) is 22.1 Å². The summed E-state index contributed by atoms with van der Waals surface area (Å²) in [5.74, 6) is -4.72. The fraction of sp³-hybridized carbons (Fsp3) is 0.429. The number of Topliss-reactive ketones (excluding diaryl/α,β-unsaturated/α-hetero) is 3. The summed E-state index contributed by atoms with van der Waals surface area (Å²) in [6.07, 6.45) is 0.187. The molecule has 0 aromatic heterocycles. The van der Waals surface area contributed by atoms with Crippen molar-refractivity contribution in [2.45, 2.75) is 34.1 Å². The molecule has 0 saturated heterocycles. The minimum Gasteiger partial charge on any atom is -0.461 e. The van der Waals surface area contributed by atoms with E-state index in [0.29, 0.717) is 0 Å². The molecule has 30 heavy (non-hydrogen) atoms. The molecule has 9 nitrogen and oxygen atoms in total. The van der Waals surface area contributed by atoms with Gasteiger partial charge in [-0.25, -0.2) is 14.4 Å². The molecule has 0 spiro atoms. The molecule has 0 N–H and O–H groups in total. The highest BCUT2D eigenvalue weighted by Crippen LogP contribution is 2.25. The van der Waals surface area contributed by atoms with Gasteiger partial charge in [0, 0.05) is 0 Å². The number of carbonyl (C=O) groups excluding carboxylic acids is 6. The first kappa shape index (κ1) is 26.6. The fourth-order valence-corrected chi connectivity index (χ4v) is 1.78. The second kappa shape index (κ2) is 11.6. The summed E-state index contributed by atoms with van der Waals surface area (Å²) in [6.45, 7) is 13.8. The third-order valence-corrected chi connectivity index (χ3v) is 4.29. The molecule has 0 unspecified atom stereocenters. The fourth-order valence-electron chi connectivity index (χ4n) is 1.78. The van der Waals surface area contributed by atoms with Crippen molar-refractivity contribution in [3.05, 3.63) is 36.5 Å². The van der Waals surface area contributed by atoms with E-state index in [0.717, 1.165) is 20.8 Å². The van der Waals surface area contributed by atoms with Crippen LogP contribution in [0.15, 0.2) is 36.5 Å². The molecule has 0 heterocycles. The maximum atomic E-state index is 11.9. The Hall–Kier alpha value is -3.36. The Kier molecular flexibility index (Phi) is 10.3. The SMILES string of the molecule is C=C(C(C)=O)C(=O)OCC(CC)(COC(=O)C(=C)C(C)=O)COC(=O)C(=C)C(C)=O. The zero-order valence-electron chi connectivity index (χ0n) is 17.6. The molecule has 0 atom stereocenters. The first-order valence-corrected chi connectivity index (χ1v) is 8.89. The van der Waals surface area contributed by atoms with Crippen molar-refractivity contribution in [2.24, 2.45) is 5.41 Å². The highest BCUT2D eigenvalue weighted by molar-refractivity contribution is 6.16. The van der Waals surface area contributed by atoms with Gasteiger partial charge in [-0.2, -0.15) is 0 Å². The van der Waals surface area contributed by atoms with Gasteiger partial charge in [-0.3, -0.25) is 14.4 Å². The molecular formula is C21H26O9. The number of carbonyl (C=O) groups is 6. The summed E-state index contributed by atoms with van der Waals surface area (Å²) in [6, 6.07) is 0. The number of ether oxygens (including phenoxy) is 3. The van der Waals surface area contributed by atoms with Gasteiger partial charge in [-0.05, 0) is 27.2 Å². The zero-order valence-corrected chi connectivity index (χ0v) is 17.6. The van der Waals surface area contributed by atoms with Crippen LogP contribution in [0.1, 0.15) is 34.1 Å². The van der Waals surface area contributed by atoms with Gasteiger partial charge in [0.25, 0.3) is 0 Å². The summed E-state index contributed by atoms with van der Waals surface area (Å²) < 4.78 is 15.2. The van der Waals surface area contributed by atoms with E-state index in [1.165, 1.54) is 0 Å². The minimum atomic E-state index is -1.23. The van der Waals surface area contributed by atoms with Crippen molar-refractivity contribution >= 4 is 35.3 Å². The first-order valence-electron chi connectivity index (χ1n) is 8.89. The summed E-state index contributed by atoms with van der Waals surface area (Å²) in [5.41, 5.74) is -2.39. The molecule has 0 saturated carbocycles. The van der Waals surface area contributed by atoms with Gasteiger partial charge in [0.1, 0.15) is 19.8 Å². The smallest absolute Gasteiger partial charge is 0.341 e. The minimum absolute atomic E-state index is 0.187. The maximum Gasteiger partial charge on any atom is 0.341 e. The van der Waals surface area contributed by atoms with Crippen LogP contribution >= 0.6 is 0 Å². The topological polar surface area (TPSA) is 130 Å². The Morgan fingerprint density at radius 2 is 0.833 bits per heavy atom. The molecular weight excluding hydrogens is 396 g/mol. The van der Waals surface area contributed by atoms with Crippen LogP contribution in [0.3, 0.4) is 0 Å². The first-order chi connectivity index (χ1) is 13.8. The highest BCUT2D eigenvalue weighted by Gasteiger charge is 2.35. The van der Waals surface area contributed by atoms with Gasteiger partial charge in [-0.15, -0.1) is 0 Å².